The van der Waals surface area contributed by atoms with Crippen LogP contribution in [0.1, 0.15) is 18.4 Å². The summed E-state index contributed by atoms with van der Waals surface area (Å²) in [5.74, 6) is 0.655. The summed E-state index contributed by atoms with van der Waals surface area (Å²) in [4.78, 5) is 0. The third-order valence-corrected chi connectivity index (χ3v) is 3.97. The summed E-state index contributed by atoms with van der Waals surface area (Å²) in [6.45, 7) is 1.47. The van der Waals surface area contributed by atoms with E-state index in [1.807, 2.05) is 6.07 Å². The number of rotatable bonds is 3. The van der Waals surface area contributed by atoms with Crippen LogP contribution in [-0.4, -0.2) is 26.2 Å². The molecule has 1 aliphatic rings. The molecule has 1 heterocycles. The topological polar surface area (TPSA) is 40.5 Å². The molecule has 0 saturated carbocycles. The molecule has 2 rings (SSSR count). The molecule has 4 heteroatoms. The summed E-state index contributed by atoms with van der Waals surface area (Å²) >= 11 is -1.78. The van der Waals surface area contributed by atoms with Crippen molar-refractivity contribution in [2.24, 2.45) is 5.92 Å². The van der Waals surface area contributed by atoms with E-state index in [4.69, 9.17) is 4.55 Å². The van der Waals surface area contributed by atoms with Gasteiger partial charge in [-0.1, -0.05) is 30.3 Å². The van der Waals surface area contributed by atoms with Crippen molar-refractivity contribution in [3.8, 4) is 0 Å². The maximum Gasteiger partial charge on any atom is 0.234 e. The zero-order chi connectivity index (χ0) is 11.4. The van der Waals surface area contributed by atoms with Gasteiger partial charge >= 0.3 is 0 Å². The second-order valence-electron chi connectivity index (χ2n) is 4.29. The molecule has 3 nitrogen and oxygen atoms in total. The second kappa shape index (κ2) is 5.57. The minimum absolute atomic E-state index is 0.655. The molecule has 0 bridgehead atoms. The van der Waals surface area contributed by atoms with E-state index in [0.717, 1.165) is 32.4 Å². The lowest BCUT2D eigenvalue weighted by molar-refractivity contribution is 0.269. The van der Waals surface area contributed by atoms with Crippen LogP contribution in [0.15, 0.2) is 30.3 Å². The van der Waals surface area contributed by atoms with Gasteiger partial charge in [-0.15, -0.1) is 0 Å². The number of hydrogen-bond acceptors (Lipinski definition) is 1. The molecule has 0 radical (unpaired) electrons. The standard InChI is InChI=1S/C12H17NO2S/c14-16(15)13-8-6-12(7-9-13)10-11-4-2-1-3-5-11/h1-5,12H,6-10H2,(H,14,15). The Kier molecular flexibility index (Phi) is 4.09. The van der Waals surface area contributed by atoms with Gasteiger partial charge in [-0.05, 0) is 30.7 Å². The Morgan fingerprint density at radius 1 is 1.25 bits per heavy atom. The molecule has 1 aromatic rings. The van der Waals surface area contributed by atoms with Gasteiger partial charge < -0.3 is 0 Å². The van der Waals surface area contributed by atoms with Crippen LogP contribution in [-0.2, 0) is 17.7 Å². The maximum atomic E-state index is 10.9. The Morgan fingerprint density at radius 3 is 2.44 bits per heavy atom. The zero-order valence-corrected chi connectivity index (χ0v) is 10.0. The van der Waals surface area contributed by atoms with Crippen LogP contribution in [0.3, 0.4) is 0 Å². The molecule has 0 aromatic heterocycles. The van der Waals surface area contributed by atoms with Crippen LogP contribution in [0.25, 0.3) is 0 Å². The van der Waals surface area contributed by atoms with E-state index in [-0.39, 0.29) is 0 Å². The first kappa shape index (κ1) is 11.8. The SMILES string of the molecule is O=S(O)N1CCC(Cc2ccccc2)CC1. The zero-order valence-electron chi connectivity index (χ0n) is 9.21. The predicted octanol–water partition coefficient (Wildman–Crippen LogP) is 2.08. The number of hydrogen-bond donors (Lipinski definition) is 1. The molecule has 0 aliphatic carbocycles. The predicted molar refractivity (Wildman–Crippen MR) is 65.2 cm³/mol. The van der Waals surface area contributed by atoms with Gasteiger partial charge in [-0.25, -0.2) is 8.51 Å². The largest absolute Gasteiger partial charge is 0.294 e. The van der Waals surface area contributed by atoms with Crippen LogP contribution in [0.4, 0.5) is 0 Å². The highest BCUT2D eigenvalue weighted by molar-refractivity contribution is 7.76. The van der Waals surface area contributed by atoms with E-state index in [9.17, 15) is 4.21 Å². The van der Waals surface area contributed by atoms with Gasteiger partial charge in [-0.2, -0.15) is 0 Å². The average molecular weight is 239 g/mol. The number of benzene rings is 1. The monoisotopic (exact) mass is 239 g/mol. The van der Waals surface area contributed by atoms with Crippen LogP contribution in [0, 0.1) is 5.92 Å². The summed E-state index contributed by atoms with van der Waals surface area (Å²) in [5, 5.41) is 0. The van der Waals surface area contributed by atoms with E-state index in [1.165, 1.54) is 5.56 Å². The molecule has 16 heavy (non-hydrogen) atoms. The molecule has 1 atom stereocenters. The smallest absolute Gasteiger partial charge is 0.234 e. The van der Waals surface area contributed by atoms with E-state index >= 15 is 0 Å². The molecule has 1 fully saturated rings. The molecular formula is C12H17NO2S. The fourth-order valence-corrected chi connectivity index (χ4v) is 2.74. The molecular weight excluding hydrogens is 222 g/mol. The highest BCUT2D eigenvalue weighted by atomic mass is 32.2. The second-order valence-corrected chi connectivity index (χ2v) is 5.27. The highest BCUT2D eigenvalue weighted by Gasteiger charge is 2.21. The van der Waals surface area contributed by atoms with Crippen molar-refractivity contribution in [1.82, 2.24) is 4.31 Å². The van der Waals surface area contributed by atoms with Gasteiger partial charge in [0.15, 0.2) is 0 Å². The Morgan fingerprint density at radius 2 is 1.88 bits per heavy atom. The molecule has 1 unspecified atom stereocenters. The normalized spacial score (nSPS) is 20.8. The van der Waals surface area contributed by atoms with Gasteiger partial charge in [0.05, 0.1) is 0 Å². The molecule has 1 N–H and O–H groups in total. The van der Waals surface area contributed by atoms with Crippen molar-refractivity contribution < 1.29 is 8.76 Å². The Bertz CT molecular complexity index is 347. The van der Waals surface area contributed by atoms with E-state index < -0.39 is 11.3 Å². The number of piperidine rings is 1. The van der Waals surface area contributed by atoms with E-state index in [2.05, 4.69) is 24.3 Å². The van der Waals surface area contributed by atoms with Crippen molar-refractivity contribution in [3.63, 3.8) is 0 Å². The summed E-state index contributed by atoms with van der Waals surface area (Å²) in [6, 6.07) is 10.5. The van der Waals surface area contributed by atoms with Gasteiger partial charge in [-0.3, -0.25) is 4.55 Å². The Labute approximate surface area is 98.9 Å². The first-order chi connectivity index (χ1) is 7.75. The van der Waals surface area contributed by atoms with E-state index in [0.29, 0.717) is 5.92 Å². The molecule has 1 aromatic carbocycles. The van der Waals surface area contributed by atoms with Crippen LogP contribution >= 0.6 is 0 Å². The average Bonchev–Trinajstić information content (AvgIpc) is 2.31. The minimum atomic E-state index is -1.78. The van der Waals surface area contributed by atoms with Crippen LogP contribution in [0.5, 0.6) is 0 Å². The fourth-order valence-electron chi connectivity index (χ4n) is 2.22. The molecule has 0 amide bonds. The lowest BCUT2D eigenvalue weighted by Gasteiger charge is -2.28. The molecule has 0 spiro atoms. The Balaban J connectivity index is 1.84. The first-order valence-corrected chi connectivity index (χ1v) is 6.72. The van der Waals surface area contributed by atoms with E-state index in [1.54, 1.807) is 4.31 Å². The summed E-state index contributed by atoms with van der Waals surface area (Å²) in [6.07, 6.45) is 3.12. The molecule has 1 saturated heterocycles. The van der Waals surface area contributed by atoms with Crippen molar-refractivity contribution in [3.05, 3.63) is 35.9 Å². The van der Waals surface area contributed by atoms with Crippen molar-refractivity contribution in [2.75, 3.05) is 13.1 Å². The van der Waals surface area contributed by atoms with Crippen molar-refractivity contribution >= 4 is 11.3 Å². The molecule has 1 aliphatic heterocycles. The third kappa shape index (κ3) is 3.14. The lowest BCUT2D eigenvalue weighted by atomic mass is 9.91. The van der Waals surface area contributed by atoms with Gasteiger partial charge in [0.1, 0.15) is 0 Å². The Hall–Kier alpha value is -0.710. The van der Waals surface area contributed by atoms with Crippen LogP contribution < -0.4 is 0 Å². The van der Waals surface area contributed by atoms with Gasteiger partial charge in [0.25, 0.3) is 0 Å². The summed E-state index contributed by atoms with van der Waals surface area (Å²) < 4.78 is 21.4. The molecule has 88 valence electrons. The minimum Gasteiger partial charge on any atom is -0.294 e. The third-order valence-electron chi connectivity index (χ3n) is 3.16. The van der Waals surface area contributed by atoms with Crippen LogP contribution in [0.2, 0.25) is 0 Å². The summed E-state index contributed by atoms with van der Waals surface area (Å²) in [7, 11) is 0. The highest BCUT2D eigenvalue weighted by Crippen LogP contribution is 2.21. The maximum absolute atomic E-state index is 10.9. The van der Waals surface area contributed by atoms with Crippen molar-refractivity contribution in [1.29, 1.82) is 0 Å². The first-order valence-electron chi connectivity index (χ1n) is 5.65. The fraction of sp³-hybridized carbons (Fsp3) is 0.500. The van der Waals surface area contributed by atoms with Gasteiger partial charge in [0, 0.05) is 13.1 Å². The lowest BCUT2D eigenvalue weighted by Crippen LogP contribution is -2.35. The summed E-state index contributed by atoms with van der Waals surface area (Å²) in [5.41, 5.74) is 1.37. The number of nitrogens with zero attached hydrogens (tertiary/aromatic N) is 1. The van der Waals surface area contributed by atoms with Gasteiger partial charge in [0.2, 0.25) is 11.3 Å². The quantitative estimate of drug-likeness (QED) is 0.820. The van der Waals surface area contributed by atoms with Crippen molar-refractivity contribution in [2.45, 2.75) is 19.3 Å².